The molecule has 0 fully saturated rings. The molecule has 0 radical (unpaired) electrons. The van der Waals surface area contributed by atoms with Crippen molar-refractivity contribution in [1.29, 1.82) is 0 Å². The molecule has 0 aromatic carbocycles. The second kappa shape index (κ2) is 5.78. The van der Waals surface area contributed by atoms with Gasteiger partial charge in [-0.3, -0.25) is 13.9 Å². The predicted octanol–water partition coefficient (Wildman–Crippen LogP) is 2.12. The number of carbonyl (C=O) groups excluding carboxylic acids is 1. The van der Waals surface area contributed by atoms with Crippen molar-refractivity contribution in [1.82, 2.24) is 19.2 Å². The Morgan fingerprint density at radius 2 is 2.17 bits per heavy atom. The van der Waals surface area contributed by atoms with Gasteiger partial charge in [0.2, 0.25) is 0 Å². The van der Waals surface area contributed by atoms with Crippen molar-refractivity contribution in [2.24, 2.45) is 7.05 Å². The monoisotopic (exact) mass is 352 g/mol. The maximum Gasteiger partial charge on any atom is 0.343 e. The van der Waals surface area contributed by atoms with E-state index in [0.29, 0.717) is 16.3 Å². The molecule has 23 heavy (non-hydrogen) atoms. The summed E-state index contributed by atoms with van der Waals surface area (Å²) in [7, 11) is 1.64. The van der Waals surface area contributed by atoms with Crippen LogP contribution in [0.5, 0.6) is 0 Å². The highest BCUT2D eigenvalue weighted by atomic mass is 35.5. The standard InChI is InChI=1S/C14H13ClN4O3S/c1-7-6-23-14-16-9(4-10(20)19(7)14)5-22-13(21)11-8(2)17-18(3)12(11)15/h4,6H,5H2,1-3H3. The number of esters is 1. The number of hydrogen-bond acceptors (Lipinski definition) is 6. The van der Waals surface area contributed by atoms with Crippen molar-refractivity contribution in [3.8, 4) is 0 Å². The third kappa shape index (κ3) is 2.75. The van der Waals surface area contributed by atoms with Crippen LogP contribution in [-0.4, -0.2) is 25.1 Å². The Hall–Kier alpha value is -2.19. The summed E-state index contributed by atoms with van der Waals surface area (Å²) in [4.78, 5) is 29.1. The lowest BCUT2D eigenvalue weighted by atomic mass is 10.3. The van der Waals surface area contributed by atoms with Crippen LogP contribution in [0.1, 0.15) is 27.4 Å². The fraction of sp³-hybridized carbons (Fsp3) is 0.286. The molecule has 0 amide bonds. The van der Waals surface area contributed by atoms with E-state index in [1.165, 1.54) is 26.5 Å². The number of aromatic nitrogens is 4. The van der Waals surface area contributed by atoms with Gasteiger partial charge in [-0.25, -0.2) is 9.78 Å². The summed E-state index contributed by atoms with van der Waals surface area (Å²) >= 11 is 7.39. The minimum atomic E-state index is -0.593. The van der Waals surface area contributed by atoms with E-state index >= 15 is 0 Å². The molecule has 0 N–H and O–H groups in total. The number of fused-ring (bicyclic) bond motifs is 1. The van der Waals surface area contributed by atoms with Crippen LogP contribution in [0.4, 0.5) is 0 Å². The third-order valence-corrected chi connectivity index (χ3v) is 4.71. The Bertz CT molecular complexity index is 972. The number of halogens is 1. The second-order valence-electron chi connectivity index (χ2n) is 5.03. The van der Waals surface area contributed by atoms with E-state index in [2.05, 4.69) is 10.1 Å². The Labute approximate surface area is 140 Å². The lowest BCUT2D eigenvalue weighted by molar-refractivity contribution is 0.0467. The highest BCUT2D eigenvalue weighted by Gasteiger charge is 2.20. The minimum Gasteiger partial charge on any atom is -0.455 e. The first-order valence-electron chi connectivity index (χ1n) is 6.71. The summed E-state index contributed by atoms with van der Waals surface area (Å²) in [6, 6.07) is 1.36. The molecule has 0 saturated heterocycles. The zero-order chi connectivity index (χ0) is 16.7. The number of carbonyl (C=O) groups is 1. The molecule has 3 aromatic heterocycles. The van der Waals surface area contributed by atoms with Crippen LogP contribution in [0.25, 0.3) is 4.96 Å². The van der Waals surface area contributed by atoms with Crippen molar-refractivity contribution in [2.45, 2.75) is 20.5 Å². The zero-order valence-corrected chi connectivity index (χ0v) is 14.2. The molecule has 0 saturated carbocycles. The minimum absolute atomic E-state index is 0.105. The van der Waals surface area contributed by atoms with Gasteiger partial charge in [0, 0.05) is 24.2 Å². The van der Waals surface area contributed by atoms with Gasteiger partial charge in [0.1, 0.15) is 17.3 Å². The first-order valence-corrected chi connectivity index (χ1v) is 7.97. The van der Waals surface area contributed by atoms with Crippen molar-refractivity contribution in [3.05, 3.63) is 49.6 Å². The highest BCUT2D eigenvalue weighted by molar-refractivity contribution is 7.15. The number of thiazole rings is 1. The van der Waals surface area contributed by atoms with Crippen molar-refractivity contribution >= 4 is 33.9 Å². The highest BCUT2D eigenvalue weighted by Crippen LogP contribution is 2.20. The van der Waals surface area contributed by atoms with Gasteiger partial charge in [0.15, 0.2) is 4.96 Å². The molecular weight excluding hydrogens is 340 g/mol. The van der Waals surface area contributed by atoms with Gasteiger partial charge in [0.25, 0.3) is 5.56 Å². The van der Waals surface area contributed by atoms with Crippen molar-refractivity contribution in [3.63, 3.8) is 0 Å². The summed E-state index contributed by atoms with van der Waals surface area (Å²) in [6.07, 6.45) is 0. The molecule has 0 unspecified atom stereocenters. The van der Waals surface area contributed by atoms with Gasteiger partial charge < -0.3 is 4.74 Å². The largest absolute Gasteiger partial charge is 0.455 e. The van der Waals surface area contributed by atoms with Crippen LogP contribution in [0.3, 0.4) is 0 Å². The first-order chi connectivity index (χ1) is 10.9. The summed E-state index contributed by atoms with van der Waals surface area (Å²) < 4.78 is 8.13. The van der Waals surface area contributed by atoms with Crippen LogP contribution in [0.15, 0.2) is 16.2 Å². The summed E-state index contributed by atoms with van der Waals surface area (Å²) in [5.74, 6) is -0.593. The number of ether oxygens (including phenoxy) is 1. The van der Waals surface area contributed by atoms with E-state index in [9.17, 15) is 9.59 Å². The zero-order valence-electron chi connectivity index (χ0n) is 12.7. The molecule has 120 valence electrons. The molecule has 3 heterocycles. The smallest absolute Gasteiger partial charge is 0.343 e. The van der Waals surface area contributed by atoms with Gasteiger partial charge in [0.05, 0.1) is 11.4 Å². The molecular formula is C14H13ClN4O3S. The average Bonchev–Trinajstić information content (AvgIpc) is 2.98. The Morgan fingerprint density at radius 3 is 2.83 bits per heavy atom. The van der Waals surface area contributed by atoms with E-state index in [4.69, 9.17) is 16.3 Å². The number of rotatable bonds is 3. The molecule has 3 rings (SSSR count). The summed E-state index contributed by atoms with van der Waals surface area (Å²) in [5.41, 5.74) is 1.72. The molecule has 0 atom stereocenters. The average molecular weight is 353 g/mol. The Kier molecular flexibility index (Phi) is 3.95. The van der Waals surface area contributed by atoms with Gasteiger partial charge >= 0.3 is 5.97 Å². The van der Waals surface area contributed by atoms with Crippen molar-refractivity contribution < 1.29 is 9.53 Å². The van der Waals surface area contributed by atoms with Crippen LogP contribution < -0.4 is 5.56 Å². The maximum atomic E-state index is 12.2. The fourth-order valence-electron chi connectivity index (χ4n) is 2.25. The van der Waals surface area contributed by atoms with Crippen LogP contribution in [0.2, 0.25) is 5.15 Å². The van der Waals surface area contributed by atoms with E-state index in [1.54, 1.807) is 14.0 Å². The fourth-order valence-corrected chi connectivity index (χ4v) is 3.39. The molecule has 0 aliphatic carbocycles. The van der Waals surface area contributed by atoms with E-state index < -0.39 is 5.97 Å². The van der Waals surface area contributed by atoms with Gasteiger partial charge in [-0.2, -0.15) is 5.10 Å². The van der Waals surface area contributed by atoms with Crippen LogP contribution >= 0.6 is 22.9 Å². The van der Waals surface area contributed by atoms with E-state index in [-0.39, 0.29) is 22.9 Å². The van der Waals surface area contributed by atoms with Crippen molar-refractivity contribution in [2.75, 3.05) is 0 Å². The topological polar surface area (TPSA) is 78.5 Å². The lowest BCUT2D eigenvalue weighted by Gasteiger charge is -2.05. The van der Waals surface area contributed by atoms with E-state index in [0.717, 1.165) is 5.69 Å². The predicted molar refractivity (Wildman–Crippen MR) is 86.2 cm³/mol. The quantitative estimate of drug-likeness (QED) is 0.675. The second-order valence-corrected chi connectivity index (χ2v) is 6.23. The molecule has 3 aromatic rings. The van der Waals surface area contributed by atoms with E-state index in [1.807, 2.05) is 12.3 Å². The van der Waals surface area contributed by atoms with Gasteiger partial charge in [-0.1, -0.05) is 11.6 Å². The summed E-state index contributed by atoms with van der Waals surface area (Å²) in [6.45, 7) is 3.40. The Morgan fingerprint density at radius 1 is 1.43 bits per heavy atom. The molecule has 9 heteroatoms. The Balaban J connectivity index is 1.83. The maximum absolute atomic E-state index is 12.2. The van der Waals surface area contributed by atoms with Gasteiger partial charge in [-0.15, -0.1) is 11.3 Å². The third-order valence-electron chi connectivity index (χ3n) is 3.34. The molecule has 0 aliphatic rings. The van der Waals surface area contributed by atoms with Gasteiger partial charge in [-0.05, 0) is 13.8 Å². The first kappa shape index (κ1) is 15.7. The molecule has 0 aliphatic heterocycles. The number of aryl methyl sites for hydroxylation is 3. The molecule has 0 bridgehead atoms. The molecule has 7 nitrogen and oxygen atoms in total. The molecule has 0 spiro atoms. The van der Waals surface area contributed by atoms with Crippen LogP contribution in [-0.2, 0) is 18.4 Å². The normalized spacial score (nSPS) is 11.1. The summed E-state index contributed by atoms with van der Waals surface area (Å²) in [5, 5.41) is 6.12. The SMILES string of the molecule is Cc1nn(C)c(Cl)c1C(=O)OCc1cc(=O)n2c(C)csc2n1. The number of hydrogen-bond donors (Lipinski definition) is 0. The number of nitrogens with zero attached hydrogens (tertiary/aromatic N) is 4. The van der Waals surface area contributed by atoms with Crippen LogP contribution in [0, 0.1) is 13.8 Å². The lowest BCUT2D eigenvalue weighted by Crippen LogP contribution is -2.16.